The number of aliphatic hydroxyl groups is 2. The maximum Gasteiger partial charge on any atom is 0.417 e. The number of aromatic nitrogens is 1. The number of anilines is 1. The Morgan fingerprint density at radius 2 is 1.92 bits per heavy atom. The van der Waals surface area contributed by atoms with Crippen molar-refractivity contribution in [2.24, 2.45) is 0 Å². The van der Waals surface area contributed by atoms with Crippen molar-refractivity contribution in [2.75, 3.05) is 18.5 Å². The monoisotopic (exact) mass is 378 g/mol. The van der Waals surface area contributed by atoms with Gasteiger partial charge in [0, 0.05) is 23.3 Å². The van der Waals surface area contributed by atoms with E-state index in [0.29, 0.717) is 0 Å². The topological polar surface area (TPSA) is 65.4 Å². The van der Waals surface area contributed by atoms with E-state index in [1.807, 2.05) is 0 Å². The van der Waals surface area contributed by atoms with E-state index in [2.05, 4.69) is 10.3 Å². The van der Waals surface area contributed by atoms with Crippen molar-refractivity contribution in [3.8, 4) is 0 Å². The van der Waals surface area contributed by atoms with Gasteiger partial charge in [-0.3, -0.25) is 0 Å². The summed E-state index contributed by atoms with van der Waals surface area (Å²) in [6, 6.07) is 7.82. The maximum absolute atomic E-state index is 12.6. The van der Waals surface area contributed by atoms with Gasteiger partial charge in [0.2, 0.25) is 0 Å². The summed E-state index contributed by atoms with van der Waals surface area (Å²) in [7, 11) is 0. The van der Waals surface area contributed by atoms with E-state index in [9.17, 15) is 18.3 Å². The van der Waals surface area contributed by atoms with Crippen LogP contribution in [0.2, 0.25) is 5.02 Å². The second kappa shape index (κ2) is 8.06. The number of hydrogen-bond donors (Lipinski definition) is 3. The third-order valence-corrected chi connectivity index (χ3v) is 4.38. The standard InChI is InChI=1S/C15H14ClF3N2O2S/c16-13-5-9(15(17,18)19)6-21-14(13)24-12-3-1-10(2-4-12)20-7-11(23)8-22/h1-6,11,20,22-23H,7-8H2. The van der Waals surface area contributed by atoms with Gasteiger partial charge in [-0.1, -0.05) is 23.4 Å². The van der Waals surface area contributed by atoms with Gasteiger partial charge < -0.3 is 15.5 Å². The van der Waals surface area contributed by atoms with Crippen LogP contribution in [0.4, 0.5) is 18.9 Å². The van der Waals surface area contributed by atoms with Crippen LogP contribution in [0.15, 0.2) is 46.5 Å². The van der Waals surface area contributed by atoms with Crippen molar-refractivity contribution in [3.05, 3.63) is 47.1 Å². The van der Waals surface area contributed by atoms with Crippen molar-refractivity contribution in [3.63, 3.8) is 0 Å². The van der Waals surface area contributed by atoms with Crippen LogP contribution in [-0.2, 0) is 6.18 Å². The highest BCUT2D eigenvalue weighted by Gasteiger charge is 2.31. The molecule has 0 amide bonds. The molecule has 0 aliphatic rings. The van der Waals surface area contributed by atoms with Gasteiger partial charge in [-0.05, 0) is 30.3 Å². The van der Waals surface area contributed by atoms with Crippen LogP contribution in [0.25, 0.3) is 0 Å². The second-order valence-electron chi connectivity index (χ2n) is 4.85. The SMILES string of the molecule is OCC(O)CNc1ccc(Sc2ncc(C(F)(F)F)cc2Cl)cc1. The van der Waals surface area contributed by atoms with Crippen LogP contribution in [0, 0.1) is 0 Å². The Bertz CT molecular complexity index is 683. The smallest absolute Gasteiger partial charge is 0.394 e. The molecule has 0 aliphatic carbocycles. The van der Waals surface area contributed by atoms with Gasteiger partial charge in [-0.2, -0.15) is 13.2 Å². The first-order valence-corrected chi connectivity index (χ1v) is 8.02. The Hall–Kier alpha value is -1.48. The maximum atomic E-state index is 12.6. The first-order chi connectivity index (χ1) is 11.3. The number of alkyl halides is 3. The van der Waals surface area contributed by atoms with E-state index in [-0.39, 0.29) is 23.2 Å². The zero-order valence-electron chi connectivity index (χ0n) is 12.2. The number of benzene rings is 1. The van der Waals surface area contributed by atoms with Crippen LogP contribution in [0.5, 0.6) is 0 Å². The molecule has 0 radical (unpaired) electrons. The minimum atomic E-state index is -4.48. The molecule has 2 rings (SSSR count). The van der Waals surface area contributed by atoms with E-state index in [1.165, 1.54) is 0 Å². The Labute approximate surface area is 145 Å². The molecule has 1 unspecified atom stereocenters. The molecule has 4 nitrogen and oxygen atoms in total. The molecular weight excluding hydrogens is 365 g/mol. The Morgan fingerprint density at radius 1 is 1.25 bits per heavy atom. The molecular formula is C15H14ClF3N2O2S. The molecule has 0 fully saturated rings. The van der Waals surface area contributed by atoms with Crippen molar-refractivity contribution in [1.82, 2.24) is 4.98 Å². The molecule has 2 aromatic rings. The molecule has 0 saturated carbocycles. The molecule has 3 N–H and O–H groups in total. The number of halogens is 4. The molecule has 1 atom stereocenters. The lowest BCUT2D eigenvalue weighted by molar-refractivity contribution is -0.137. The third-order valence-electron chi connectivity index (χ3n) is 2.96. The lowest BCUT2D eigenvalue weighted by Crippen LogP contribution is -2.22. The fraction of sp³-hybridized carbons (Fsp3) is 0.267. The van der Waals surface area contributed by atoms with Gasteiger partial charge >= 0.3 is 6.18 Å². The average molecular weight is 379 g/mol. The Balaban J connectivity index is 2.03. The average Bonchev–Trinajstić information content (AvgIpc) is 2.54. The first-order valence-electron chi connectivity index (χ1n) is 6.83. The van der Waals surface area contributed by atoms with Crippen molar-refractivity contribution < 1.29 is 23.4 Å². The van der Waals surface area contributed by atoms with E-state index >= 15 is 0 Å². The van der Waals surface area contributed by atoms with Gasteiger partial charge in [0.05, 0.1) is 23.3 Å². The molecule has 1 aromatic carbocycles. The van der Waals surface area contributed by atoms with Gasteiger partial charge in [-0.15, -0.1) is 0 Å². The minimum Gasteiger partial charge on any atom is -0.394 e. The fourth-order valence-electron chi connectivity index (χ4n) is 1.71. The number of pyridine rings is 1. The zero-order valence-corrected chi connectivity index (χ0v) is 13.8. The highest BCUT2D eigenvalue weighted by Crippen LogP contribution is 2.36. The number of hydrogen-bond acceptors (Lipinski definition) is 5. The molecule has 0 bridgehead atoms. The molecule has 24 heavy (non-hydrogen) atoms. The summed E-state index contributed by atoms with van der Waals surface area (Å²) >= 11 is 7.01. The number of aliphatic hydroxyl groups excluding tert-OH is 2. The normalized spacial score (nSPS) is 12.9. The highest BCUT2D eigenvalue weighted by atomic mass is 35.5. The van der Waals surface area contributed by atoms with Crippen LogP contribution < -0.4 is 5.32 Å². The zero-order chi connectivity index (χ0) is 17.7. The lowest BCUT2D eigenvalue weighted by Gasteiger charge is -2.11. The van der Waals surface area contributed by atoms with Gasteiger partial charge in [0.15, 0.2) is 0 Å². The van der Waals surface area contributed by atoms with Crippen LogP contribution in [0.3, 0.4) is 0 Å². The largest absolute Gasteiger partial charge is 0.417 e. The highest BCUT2D eigenvalue weighted by molar-refractivity contribution is 7.99. The summed E-state index contributed by atoms with van der Waals surface area (Å²) in [5, 5.41) is 21.1. The third kappa shape index (κ3) is 5.27. The van der Waals surface area contributed by atoms with Crippen molar-refractivity contribution in [2.45, 2.75) is 22.2 Å². The van der Waals surface area contributed by atoms with E-state index in [1.54, 1.807) is 24.3 Å². The first kappa shape index (κ1) is 18.9. The van der Waals surface area contributed by atoms with E-state index in [0.717, 1.165) is 34.6 Å². The van der Waals surface area contributed by atoms with Gasteiger partial charge in [0.1, 0.15) is 5.03 Å². The van der Waals surface area contributed by atoms with E-state index < -0.39 is 17.8 Å². The minimum absolute atomic E-state index is 0.0666. The lowest BCUT2D eigenvalue weighted by atomic mass is 10.3. The van der Waals surface area contributed by atoms with Crippen molar-refractivity contribution in [1.29, 1.82) is 0 Å². The Morgan fingerprint density at radius 3 is 2.46 bits per heavy atom. The summed E-state index contributed by atoms with van der Waals surface area (Å²) < 4.78 is 37.7. The van der Waals surface area contributed by atoms with Gasteiger partial charge in [-0.25, -0.2) is 4.98 Å². The van der Waals surface area contributed by atoms with Crippen molar-refractivity contribution >= 4 is 29.1 Å². The number of nitrogens with zero attached hydrogens (tertiary/aromatic N) is 1. The molecule has 0 aliphatic heterocycles. The number of nitrogens with one attached hydrogen (secondary N) is 1. The second-order valence-corrected chi connectivity index (χ2v) is 6.32. The summed E-state index contributed by atoms with van der Waals surface area (Å²) in [5.74, 6) is 0. The number of rotatable bonds is 6. The quantitative estimate of drug-likeness (QED) is 0.715. The van der Waals surface area contributed by atoms with Crippen LogP contribution in [-0.4, -0.2) is 34.5 Å². The molecule has 9 heteroatoms. The van der Waals surface area contributed by atoms with E-state index in [4.69, 9.17) is 16.7 Å². The van der Waals surface area contributed by atoms with Crippen LogP contribution in [0.1, 0.15) is 5.56 Å². The molecule has 1 aromatic heterocycles. The fourth-order valence-corrected chi connectivity index (χ4v) is 2.75. The summed E-state index contributed by atoms with van der Waals surface area (Å²) in [6.45, 7) is -0.131. The van der Waals surface area contributed by atoms with Crippen LogP contribution >= 0.6 is 23.4 Å². The molecule has 1 heterocycles. The predicted molar refractivity (Wildman–Crippen MR) is 86.4 cm³/mol. The molecule has 0 saturated heterocycles. The van der Waals surface area contributed by atoms with Gasteiger partial charge in [0.25, 0.3) is 0 Å². The molecule has 0 spiro atoms. The Kier molecular flexibility index (Phi) is 6.34. The predicted octanol–water partition coefficient (Wildman–Crippen LogP) is 3.67. The summed E-state index contributed by atoms with van der Waals surface area (Å²) in [6.07, 6.45) is -4.58. The molecule has 130 valence electrons. The summed E-state index contributed by atoms with van der Waals surface area (Å²) in [4.78, 5) is 4.52. The summed E-state index contributed by atoms with van der Waals surface area (Å²) in [5.41, 5.74) is -0.155.